The minimum absolute atomic E-state index is 0.132. The van der Waals surface area contributed by atoms with Crippen molar-refractivity contribution in [1.29, 1.82) is 0 Å². The van der Waals surface area contributed by atoms with Gasteiger partial charge in [0, 0.05) is 18.2 Å². The summed E-state index contributed by atoms with van der Waals surface area (Å²) in [4.78, 5) is 57.7. The third kappa shape index (κ3) is 13.6. The molecule has 0 aliphatic heterocycles. The molecule has 1 aromatic heterocycles. The molecule has 1 aromatic carbocycles. The molecule has 2 aromatic rings. The Balaban J connectivity index is 2.67. The average molecular weight is 672 g/mol. The summed E-state index contributed by atoms with van der Waals surface area (Å²) >= 11 is 0. The van der Waals surface area contributed by atoms with Gasteiger partial charge in [0.2, 0.25) is 0 Å². The van der Waals surface area contributed by atoms with Crippen LogP contribution in [0.15, 0.2) is 48.8 Å². The smallest absolute Gasteiger partial charge is 0.420 e. The zero-order valence-electron chi connectivity index (χ0n) is 29.5. The Morgan fingerprint density at radius 3 is 1.94 bits per heavy atom. The Morgan fingerprint density at radius 2 is 1.44 bits per heavy atom. The maximum atomic E-state index is 13.5. The molecular formula is C35H49N3O10. The highest BCUT2D eigenvalue weighted by Gasteiger charge is 2.41. The molecule has 3 amide bonds. The molecule has 264 valence electrons. The lowest BCUT2D eigenvalue weighted by Gasteiger charge is -2.32. The number of nitrogens with zero attached hydrogens (tertiary/aromatic N) is 2. The number of nitrogens with one attached hydrogen (secondary N) is 1. The number of pyridine rings is 1. The van der Waals surface area contributed by atoms with Crippen molar-refractivity contribution in [2.24, 2.45) is 0 Å². The van der Waals surface area contributed by atoms with Crippen molar-refractivity contribution < 1.29 is 48.0 Å². The van der Waals surface area contributed by atoms with Crippen LogP contribution in [0.25, 0.3) is 6.08 Å². The average Bonchev–Trinajstić information content (AvgIpc) is 2.95. The zero-order valence-corrected chi connectivity index (χ0v) is 29.5. The summed E-state index contributed by atoms with van der Waals surface area (Å²) in [6.07, 6.45) is 2.72. The molecule has 48 heavy (non-hydrogen) atoms. The van der Waals surface area contributed by atoms with Crippen LogP contribution in [-0.2, 0) is 36.8 Å². The van der Waals surface area contributed by atoms with Gasteiger partial charge in [0.15, 0.2) is 0 Å². The quantitative estimate of drug-likeness (QED) is 0.219. The minimum atomic E-state index is -1.57. The summed E-state index contributed by atoms with van der Waals surface area (Å²) in [7, 11) is 1.13. The number of imide groups is 1. The van der Waals surface area contributed by atoms with Crippen LogP contribution in [0.5, 0.6) is 5.75 Å². The number of rotatable bonds is 11. The Morgan fingerprint density at radius 1 is 0.875 bits per heavy atom. The molecule has 13 nitrogen and oxygen atoms in total. The standard InChI is InChI=1S/C35H49N3O10/c1-33(2,3)46-30(41)37-25(21-39)17-16-24-19-36-20-28(45-22-23-14-12-11-13-15-23)26(24)18-27(29(40)44-10)38(31(42)47-34(4,5)6)32(43)48-35(7,8)9/h11-17,19-20,25,27,39H,18,21-22H2,1-10H3,(H,37,41)/t25-,27-/m0/s1. The van der Waals surface area contributed by atoms with Gasteiger partial charge in [-0.15, -0.1) is 0 Å². The van der Waals surface area contributed by atoms with Crippen molar-refractivity contribution in [2.75, 3.05) is 13.7 Å². The maximum Gasteiger partial charge on any atom is 0.420 e. The first-order chi connectivity index (χ1) is 22.2. The van der Waals surface area contributed by atoms with Crippen LogP contribution in [0.4, 0.5) is 14.4 Å². The van der Waals surface area contributed by atoms with E-state index >= 15 is 0 Å². The van der Waals surface area contributed by atoms with Crippen LogP contribution in [-0.4, -0.2) is 81.8 Å². The Hall–Kier alpha value is -4.65. The lowest BCUT2D eigenvalue weighted by Crippen LogP contribution is -2.53. The van der Waals surface area contributed by atoms with E-state index in [1.54, 1.807) is 68.4 Å². The second kappa shape index (κ2) is 17.0. The Kier molecular flexibility index (Phi) is 14.0. The molecule has 2 rings (SSSR count). The number of aliphatic hydroxyl groups is 1. The number of alkyl carbamates (subject to hydrolysis) is 1. The van der Waals surface area contributed by atoms with Crippen LogP contribution in [0.3, 0.4) is 0 Å². The number of benzene rings is 1. The largest absolute Gasteiger partial charge is 0.487 e. The van der Waals surface area contributed by atoms with Gasteiger partial charge in [0.05, 0.1) is 26.0 Å². The van der Waals surface area contributed by atoms with Crippen molar-refractivity contribution in [2.45, 2.75) is 104 Å². The fourth-order valence-corrected chi connectivity index (χ4v) is 4.10. The number of aromatic nitrogens is 1. The molecule has 13 heteroatoms. The first-order valence-corrected chi connectivity index (χ1v) is 15.5. The second-order valence-electron chi connectivity index (χ2n) is 13.8. The van der Waals surface area contributed by atoms with Crippen LogP contribution in [0.1, 0.15) is 79.0 Å². The second-order valence-corrected chi connectivity index (χ2v) is 13.8. The SMILES string of the molecule is COC(=O)[C@H](Cc1c(C=C[C@@H](CO)NC(=O)OC(C)(C)C)cncc1OCc1ccccc1)N(C(=O)OC(C)(C)C)C(=O)OC(C)(C)C. The predicted octanol–water partition coefficient (Wildman–Crippen LogP) is 5.82. The van der Waals surface area contributed by atoms with Crippen molar-refractivity contribution in [3.63, 3.8) is 0 Å². The summed E-state index contributed by atoms with van der Waals surface area (Å²) in [5.41, 5.74) is -1.20. The number of hydrogen-bond acceptors (Lipinski definition) is 11. The molecule has 0 saturated carbocycles. The van der Waals surface area contributed by atoms with E-state index in [2.05, 4.69) is 10.3 Å². The molecule has 0 aliphatic carbocycles. The fourth-order valence-electron chi connectivity index (χ4n) is 4.10. The van der Waals surface area contributed by atoms with E-state index < -0.39 is 59.7 Å². The highest BCUT2D eigenvalue weighted by Crippen LogP contribution is 2.28. The Labute approximate surface area is 282 Å². The van der Waals surface area contributed by atoms with Crippen LogP contribution in [0.2, 0.25) is 0 Å². The number of hydrogen-bond donors (Lipinski definition) is 2. The molecule has 0 saturated heterocycles. The zero-order chi connectivity index (χ0) is 36.3. The number of esters is 1. The van der Waals surface area contributed by atoms with Crippen molar-refractivity contribution >= 4 is 30.3 Å². The lowest BCUT2D eigenvalue weighted by molar-refractivity contribution is -0.146. The van der Waals surface area contributed by atoms with Crippen LogP contribution >= 0.6 is 0 Å². The molecule has 0 radical (unpaired) electrons. The van der Waals surface area contributed by atoms with E-state index in [9.17, 15) is 24.3 Å². The van der Waals surface area contributed by atoms with E-state index in [0.717, 1.165) is 12.7 Å². The molecule has 0 spiro atoms. The lowest BCUT2D eigenvalue weighted by atomic mass is 9.99. The third-order valence-corrected chi connectivity index (χ3v) is 6.06. The third-order valence-electron chi connectivity index (χ3n) is 6.06. The van der Waals surface area contributed by atoms with Gasteiger partial charge in [-0.25, -0.2) is 19.2 Å². The van der Waals surface area contributed by atoms with E-state index in [1.807, 2.05) is 30.3 Å². The van der Waals surface area contributed by atoms with Gasteiger partial charge in [0.25, 0.3) is 0 Å². The number of aliphatic hydroxyl groups excluding tert-OH is 1. The van der Waals surface area contributed by atoms with E-state index in [0.29, 0.717) is 16.0 Å². The molecule has 0 fully saturated rings. The molecule has 0 aliphatic rings. The summed E-state index contributed by atoms with van der Waals surface area (Å²) in [5.74, 6) is -0.684. The summed E-state index contributed by atoms with van der Waals surface area (Å²) < 4.78 is 27.6. The van der Waals surface area contributed by atoms with E-state index in [1.165, 1.54) is 18.5 Å². The van der Waals surface area contributed by atoms with Crippen molar-refractivity contribution in [1.82, 2.24) is 15.2 Å². The highest BCUT2D eigenvalue weighted by atomic mass is 16.6. The van der Waals surface area contributed by atoms with Gasteiger partial charge in [-0.1, -0.05) is 42.5 Å². The molecular weight excluding hydrogens is 622 g/mol. The number of carbonyl (C=O) groups is 4. The van der Waals surface area contributed by atoms with Gasteiger partial charge >= 0.3 is 24.2 Å². The highest BCUT2D eigenvalue weighted by molar-refractivity contribution is 5.94. The normalized spacial score (nSPS) is 13.2. The Bertz CT molecular complexity index is 1390. The van der Waals surface area contributed by atoms with Gasteiger partial charge in [-0.2, -0.15) is 4.90 Å². The maximum absolute atomic E-state index is 13.5. The van der Waals surface area contributed by atoms with Gasteiger partial charge in [-0.05, 0) is 73.4 Å². The number of methoxy groups -OCH3 is 1. The van der Waals surface area contributed by atoms with Gasteiger partial charge in [0.1, 0.15) is 35.2 Å². The molecule has 0 unspecified atom stereocenters. The fraction of sp³-hybridized carbons (Fsp3) is 0.514. The number of ether oxygens (including phenoxy) is 5. The first-order valence-electron chi connectivity index (χ1n) is 15.5. The minimum Gasteiger partial charge on any atom is -0.487 e. The number of carbonyl (C=O) groups excluding carboxylic acids is 4. The molecule has 2 atom stereocenters. The summed E-state index contributed by atoms with van der Waals surface area (Å²) in [6.45, 7) is 14.5. The molecule has 1 heterocycles. The van der Waals surface area contributed by atoms with E-state index in [-0.39, 0.29) is 18.8 Å². The molecule has 0 bridgehead atoms. The van der Waals surface area contributed by atoms with Gasteiger partial charge in [-0.3, -0.25) is 4.98 Å². The topological polar surface area (TPSA) is 163 Å². The number of amides is 3. The molecule has 2 N–H and O–H groups in total. The summed E-state index contributed by atoms with van der Waals surface area (Å²) in [6, 6.07) is 6.89. The van der Waals surface area contributed by atoms with Crippen molar-refractivity contribution in [3.8, 4) is 5.75 Å². The summed E-state index contributed by atoms with van der Waals surface area (Å²) in [5, 5.41) is 12.6. The van der Waals surface area contributed by atoms with E-state index in [4.69, 9.17) is 23.7 Å². The van der Waals surface area contributed by atoms with Crippen LogP contribution in [0, 0.1) is 0 Å². The monoisotopic (exact) mass is 671 g/mol. The van der Waals surface area contributed by atoms with Crippen LogP contribution < -0.4 is 10.1 Å². The van der Waals surface area contributed by atoms with Crippen molar-refractivity contribution in [3.05, 3.63) is 65.5 Å². The predicted molar refractivity (Wildman–Crippen MR) is 178 cm³/mol. The van der Waals surface area contributed by atoms with Gasteiger partial charge < -0.3 is 34.1 Å². The first kappa shape index (κ1) is 39.5.